The Morgan fingerprint density at radius 3 is 2.68 bits per heavy atom. The lowest BCUT2D eigenvalue weighted by atomic mass is 9.72. The maximum atomic E-state index is 12.6. The highest BCUT2D eigenvalue weighted by atomic mass is 35.5. The molecule has 1 aliphatic heterocycles. The Hall–Kier alpha value is -0.580. The van der Waals surface area contributed by atoms with Crippen molar-refractivity contribution in [3.8, 4) is 0 Å². The number of rotatable bonds is 1. The van der Waals surface area contributed by atoms with Crippen molar-refractivity contribution in [3.63, 3.8) is 0 Å². The Morgan fingerprint density at radius 2 is 2.09 bits per heavy atom. The van der Waals surface area contributed by atoms with Gasteiger partial charge in [0.1, 0.15) is 0 Å². The number of carbonyl (C=O) groups excluding carboxylic acids is 1. The summed E-state index contributed by atoms with van der Waals surface area (Å²) in [6.07, 6.45) is 4.44. The average molecular weight is 343 g/mol. The third-order valence-electron chi connectivity index (χ3n) is 5.03. The van der Waals surface area contributed by atoms with E-state index in [0.717, 1.165) is 36.6 Å². The van der Waals surface area contributed by atoms with Gasteiger partial charge in [-0.25, -0.2) is 0 Å². The maximum absolute atomic E-state index is 12.6. The topological polar surface area (TPSA) is 46.3 Å². The van der Waals surface area contributed by atoms with E-state index in [0.29, 0.717) is 12.0 Å². The average Bonchev–Trinajstić information content (AvgIpc) is 3.01. The Bertz CT molecular complexity index is 549. The lowest BCUT2D eigenvalue weighted by Crippen LogP contribution is -2.31. The zero-order chi connectivity index (χ0) is 15.2. The summed E-state index contributed by atoms with van der Waals surface area (Å²) < 4.78 is 0. The minimum absolute atomic E-state index is 0. The monoisotopic (exact) mass is 342 g/mol. The number of amides is 1. The molecule has 2 aliphatic rings. The van der Waals surface area contributed by atoms with Crippen LogP contribution in [0.2, 0.25) is 0 Å². The van der Waals surface area contributed by atoms with Crippen LogP contribution < -0.4 is 5.73 Å². The van der Waals surface area contributed by atoms with E-state index in [-0.39, 0.29) is 24.4 Å². The molecule has 0 aromatic carbocycles. The van der Waals surface area contributed by atoms with Crippen LogP contribution >= 0.6 is 23.7 Å². The number of carbonyl (C=O) groups is 1. The molecule has 2 heterocycles. The Balaban J connectivity index is 0.00000176. The summed E-state index contributed by atoms with van der Waals surface area (Å²) >= 11 is 1.71. The van der Waals surface area contributed by atoms with Gasteiger partial charge in [-0.3, -0.25) is 4.79 Å². The highest BCUT2D eigenvalue weighted by molar-refractivity contribution is 7.14. The molecule has 1 fully saturated rings. The molecule has 3 rings (SSSR count). The zero-order valence-electron chi connectivity index (χ0n) is 13.7. The molecule has 1 aliphatic carbocycles. The van der Waals surface area contributed by atoms with Crippen LogP contribution in [0.15, 0.2) is 6.07 Å². The summed E-state index contributed by atoms with van der Waals surface area (Å²) in [5, 5.41) is 0. The van der Waals surface area contributed by atoms with Crippen molar-refractivity contribution in [2.24, 2.45) is 17.1 Å². The van der Waals surface area contributed by atoms with E-state index in [2.05, 4.69) is 26.8 Å². The highest BCUT2D eigenvalue weighted by Gasteiger charge is 2.32. The fourth-order valence-corrected chi connectivity index (χ4v) is 4.67. The van der Waals surface area contributed by atoms with Crippen molar-refractivity contribution in [1.82, 2.24) is 4.90 Å². The zero-order valence-corrected chi connectivity index (χ0v) is 15.4. The number of thiophene rings is 1. The summed E-state index contributed by atoms with van der Waals surface area (Å²) in [6.45, 7) is 8.51. The number of likely N-dealkylation sites (tertiary alicyclic amines) is 1. The summed E-state index contributed by atoms with van der Waals surface area (Å²) in [7, 11) is 0. The minimum atomic E-state index is 0. The summed E-state index contributed by atoms with van der Waals surface area (Å²) in [6, 6.07) is 2.32. The van der Waals surface area contributed by atoms with Crippen molar-refractivity contribution >= 4 is 29.7 Å². The molecule has 1 aromatic heterocycles. The molecule has 1 saturated heterocycles. The quantitative estimate of drug-likeness (QED) is 0.849. The molecule has 2 N–H and O–H groups in total. The lowest BCUT2D eigenvalue weighted by molar-refractivity contribution is 0.0795. The minimum Gasteiger partial charge on any atom is -0.336 e. The summed E-state index contributed by atoms with van der Waals surface area (Å²) in [5.41, 5.74) is 7.68. The number of nitrogens with two attached hydrogens (primary N) is 1. The summed E-state index contributed by atoms with van der Waals surface area (Å²) in [5.74, 6) is 0.914. The number of aryl methyl sites for hydroxylation is 1. The molecule has 1 unspecified atom stereocenters. The van der Waals surface area contributed by atoms with E-state index >= 15 is 0 Å². The van der Waals surface area contributed by atoms with Crippen LogP contribution in [-0.4, -0.2) is 29.9 Å². The Labute approximate surface area is 143 Å². The predicted molar refractivity (Wildman–Crippen MR) is 95.0 cm³/mol. The fourth-order valence-electron chi connectivity index (χ4n) is 3.50. The predicted octanol–water partition coefficient (Wildman–Crippen LogP) is 3.49. The standard InChI is InChI=1S/C17H26N2OS.ClH/c1-17(2,3)12-4-5-14-11(8-12)9-15(21-14)16(20)19-7-6-13(18)10-19;/h9,12-13H,4-8,10,18H2,1-3H3;1H/t12?,13-;/m1./s1. The molecular formula is C17H27ClN2OS. The van der Waals surface area contributed by atoms with Crippen LogP contribution in [0.3, 0.4) is 0 Å². The van der Waals surface area contributed by atoms with Gasteiger partial charge in [0.05, 0.1) is 4.88 Å². The van der Waals surface area contributed by atoms with Crippen LogP contribution in [0.4, 0.5) is 0 Å². The Kier molecular flexibility index (Phi) is 5.25. The van der Waals surface area contributed by atoms with E-state index in [1.807, 2.05) is 4.90 Å². The fraction of sp³-hybridized carbons (Fsp3) is 0.706. The molecule has 0 spiro atoms. The van der Waals surface area contributed by atoms with Gasteiger partial charge in [-0.15, -0.1) is 23.7 Å². The van der Waals surface area contributed by atoms with Crippen LogP contribution in [0.25, 0.3) is 0 Å². The first-order valence-electron chi connectivity index (χ1n) is 8.01. The van der Waals surface area contributed by atoms with Gasteiger partial charge in [-0.05, 0) is 48.6 Å². The number of hydrogen-bond donors (Lipinski definition) is 1. The molecule has 124 valence electrons. The van der Waals surface area contributed by atoms with E-state index in [1.54, 1.807) is 11.3 Å². The second-order valence-electron chi connectivity index (χ2n) is 7.66. The Morgan fingerprint density at radius 1 is 1.36 bits per heavy atom. The van der Waals surface area contributed by atoms with Crippen molar-refractivity contribution in [2.45, 2.75) is 52.5 Å². The van der Waals surface area contributed by atoms with E-state index in [1.165, 1.54) is 16.9 Å². The molecule has 5 heteroatoms. The molecule has 22 heavy (non-hydrogen) atoms. The van der Waals surface area contributed by atoms with Crippen LogP contribution in [0.1, 0.15) is 53.7 Å². The lowest BCUT2D eigenvalue weighted by Gasteiger charge is -2.33. The van der Waals surface area contributed by atoms with E-state index in [9.17, 15) is 4.79 Å². The van der Waals surface area contributed by atoms with Crippen molar-refractivity contribution in [3.05, 3.63) is 21.4 Å². The van der Waals surface area contributed by atoms with E-state index < -0.39 is 0 Å². The number of hydrogen-bond acceptors (Lipinski definition) is 3. The summed E-state index contributed by atoms with van der Waals surface area (Å²) in [4.78, 5) is 16.8. The van der Waals surface area contributed by atoms with Crippen LogP contribution in [-0.2, 0) is 12.8 Å². The highest BCUT2D eigenvalue weighted by Crippen LogP contribution is 2.40. The van der Waals surface area contributed by atoms with Gasteiger partial charge < -0.3 is 10.6 Å². The largest absolute Gasteiger partial charge is 0.336 e. The molecule has 1 amide bonds. The van der Waals surface area contributed by atoms with Crippen molar-refractivity contribution in [1.29, 1.82) is 0 Å². The van der Waals surface area contributed by atoms with E-state index in [4.69, 9.17) is 5.73 Å². The number of halogens is 1. The molecule has 2 atom stereocenters. The van der Waals surface area contributed by atoms with Gasteiger partial charge in [0.2, 0.25) is 0 Å². The number of fused-ring (bicyclic) bond motifs is 1. The van der Waals surface area contributed by atoms with Gasteiger partial charge >= 0.3 is 0 Å². The first-order valence-corrected chi connectivity index (χ1v) is 8.82. The third kappa shape index (κ3) is 3.50. The first kappa shape index (κ1) is 17.8. The molecular weight excluding hydrogens is 316 g/mol. The van der Waals surface area contributed by atoms with Gasteiger partial charge in [0, 0.05) is 24.0 Å². The van der Waals surface area contributed by atoms with Crippen molar-refractivity contribution in [2.75, 3.05) is 13.1 Å². The maximum Gasteiger partial charge on any atom is 0.263 e. The second-order valence-corrected chi connectivity index (χ2v) is 8.80. The van der Waals surface area contributed by atoms with Gasteiger partial charge in [-0.1, -0.05) is 20.8 Å². The van der Waals surface area contributed by atoms with Crippen LogP contribution in [0.5, 0.6) is 0 Å². The molecule has 0 saturated carbocycles. The molecule has 3 nitrogen and oxygen atoms in total. The molecule has 1 aromatic rings. The molecule has 0 radical (unpaired) electrons. The SMILES string of the molecule is CC(C)(C)C1CCc2sc(C(=O)N3CC[C@@H](N)C3)cc2C1.Cl. The van der Waals surface area contributed by atoms with Crippen LogP contribution in [0, 0.1) is 11.3 Å². The smallest absolute Gasteiger partial charge is 0.263 e. The second kappa shape index (κ2) is 6.50. The first-order chi connectivity index (χ1) is 9.84. The van der Waals surface area contributed by atoms with Gasteiger partial charge in [0.15, 0.2) is 0 Å². The normalized spacial score (nSPS) is 24.8. The van der Waals surface area contributed by atoms with Gasteiger partial charge in [-0.2, -0.15) is 0 Å². The van der Waals surface area contributed by atoms with Crippen molar-refractivity contribution < 1.29 is 4.79 Å². The van der Waals surface area contributed by atoms with Gasteiger partial charge in [0.25, 0.3) is 5.91 Å². The third-order valence-corrected chi connectivity index (χ3v) is 6.26. The number of nitrogens with zero attached hydrogens (tertiary/aromatic N) is 1. The molecule has 0 bridgehead atoms.